The number of nitrogens with zero attached hydrogens (tertiary/aromatic N) is 2. The highest BCUT2D eigenvalue weighted by Crippen LogP contribution is 2.35. The molecule has 1 fully saturated rings. The molecule has 0 aliphatic carbocycles. The number of hydrogen-bond donors (Lipinski definition) is 1. The standard InChI is InChI=1S/C17H21BrN2O3/c1-3-23-17(22)16-11-8-15(21)12(18)9-13(11)19(2)14(16)10-20-6-4-5-7-20/h8-9,21H,3-7,10H2,1-2H3. The van der Waals surface area contributed by atoms with E-state index < -0.39 is 0 Å². The number of fused-ring (bicyclic) bond motifs is 1. The van der Waals surface area contributed by atoms with Crippen LogP contribution in [0.25, 0.3) is 10.9 Å². The number of hydrogen-bond acceptors (Lipinski definition) is 4. The van der Waals surface area contributed by atoms with Crippen LogP contribution in [-0.4, -0.2) is 40.2 Å². The minimum Gasteiger partial charge on any atom is -0.507 e. The fraction of sp³-hybridized carbons (Fsp3) is 0.471. The van der Waals surface area contributed by atoms with Gasteiger partial charge in [0.05, 0.1) is 22.2 Å². The van der Waals surface area contributed by atoms with E-state index in [9.17, 15) is 9.90 Å². The highest BCUT2D eigenvalue weighted by Gasteiger charge is 2.25. The van der Waals surface area contributed by atoms with Crippen molar-refractivity contribution in [1.82, 2.24) is 9.47 Å². The summed E-state index contributed by atoms with van der Waals surface area (Å²) in [6.07, 6.45) is 2.40. The molecule has 1 aromatic carbocycles. The third-order valence-electron chi connectivity index (χ3n) is 4.44. The zero-order valence-electron chi connectivity index (χ0n) is 13.4. The molecule has 0 radical (unpaired) electrons. The Morgan fingerprint density at radius 3 is 2.70 bits per heavy atom. The molecule has 5 nitrogen and oxygen atoms in total. The number of halogens is 1. The Morgan fingerprint density at radius 1 is 1.35 bits per heavy atom. The van der Waals surface area contributed by atoms with Gasteiger partial charge in [-0.3, -0.25) is 4.90 Å². The third kappa shape index (κ3) is 2.97. The molecular weight excluding hydrogens is 360 g/mol. The van der Waals surface area contributed by atoms with Crippen molar-refractivity contribution in [2.45, 2.75) is 26.3 Å². The molecule has 0 bridgehead atoms. The second-order valence-corrected chi connectivity index (χ2v) is 6.76. The molecule has 3 rings (SSSR count). The van der Waals surface area contributed by atoms with Gasteiger partial charge in [-0.1, -0.05) is 0 Å². The van der Waals surface area contributed by atoms with E-state index in [0.717, 1.165) is 36.2 Å². The molecule has 1 aliphatic rings. The first kappa shape index (κ1) is 16.3. The number of likely N-dealkylation sites (tertiary alicyclic amines) is 1. The average molecular weight is 381 g/mol. The van der Waals surface area contributed by atoms with Crippen LogP contribution in [0.3, 0.4) is 0 Å². The second-order valence-electron chi connectivity index (χ2n) is 5.91. The smallest absolute Gasteiger partial charge is 0.340 e. The van der Waals surface area contributed by atoms with Crippen LogP contribution in [0, 0.1) is 0 Å². The van der Waals surface area contributed by atoms with Gasteiger partial charge >= 0.3 is 5.97 Å². The van der Waals surface area contributed by atoms with Crippen molar-refractivity contribution in [2.75, 3.05) is 19.7 Å². The Hall–Kier alpha value is -1.53. The van der Waals surface area contributed by atoms with Gasteiger partial charge in [-0.05, 0) is 60.9 Å². The fourth-order valence-electron chi connectivity index (χ4n) is 3.27. The number of esters is 1. The number of aromatic hydroxyl groups is 1. The van der Waals surface area contributed by atoms with E-state index in [0.29, 0.717) is 16.6 Å². The van der Waals surface area contributed by atoms with Crippen LogP contribution in [0.5, 0.6) is 5.75 Å². The molecule has 0 unspecified atom stereocenters. The molecule has 0 amide bonds. The highest BCUT2D eigenvalue weighted by atomic mass is 79.9. The lowest BCUT2D eigenvalue weighted by Gasteiger charge is -2.16. The van der Waals surface area contributed by atoms with Crippen molar-refractivity contribution in [3.63, 3.8) is 0 Å². The molecule has 1 N–H and O–H groups in total. The molecule has 1 aromatic heterocycles. The molecular formula is C17H21BrN2O3. The first-order valence-corrected chi connectivity index (χ1v) is 8.71. The van der Waals surface area contributed by atoms with E-state index in [1.54, 1.807) is 13.0 Å². The summed E-state index contributed by atoms with van der Waals surface area (Å²) in [5.74, 6) is -0.199. The number of phenols is 1. The summed E-state index contributed by atoms with van der Waals surface area (Å²) in [5.41, 5.74) is 2.42. The van der Waals surface area contributed by atoms with Crippen LogP contribution < -0.4 is 0 Å². The molecule has 124 valence electrons. The van der Waals surface area contributed by atoms with Crippen LogP contribution >= 0.6 is 15.9 Å². The fourth-order valence-corrected chi connectivity index (χ4v) is 3.60. The predicted octanol–water partition coefficient (Wildman–Crippen LogP) is 3.42. The number of carbonyl (C=O) groups excluding carboxylic acids is 1. The predicted molar refractivity (Wildman–Crippen MR) is 92.8 cm³/mol. The molecule has 1 aliphatic heterocycles. The topological polar surface area (TPSA) is 54.7 Å². The Bertz CT molecular complexity index is 748. The zero-order chi connectivity index (χ0) is 16.6. The van der Waals surface area contributed by atoms with Gasteiger partial charge in [0.25, 0.3) is 0 Å². The average Bonchev–Trinajstić information content (AvgIpc) is 3.10. The summed E-state index contributed by atoms with van der Waals surface area (Å²) in [4.78, 5) is 14.9. The van der Waals surface area contributed by atoms with Gasteiger partial charge in [0.2, 0.25) is 0 Å². The Morgan fingerprint density at radius 2 is 2.04 bits per heavy atom. The molecule has 23 heavy (non-hydrogen) atoms. The summed E-state index contributed by atoms with van der Waals surface area (Å²) >= 11 is 3.35. The molecule has 1 saturated heterocycles. The molecule has 0 spiro atoms. The maximum atomic E-state index is 12.5. The van der Waals surface area contributed by atoms with Crippen LogP contribution in [-0.2, 0) is 18.3 Å². The van der Waals surface area contributed by atoms with Gasteiger partial charge < -0.3 is 14.4 Å². The third-order valence-corrected chi connectivity index (χ3v) is 5.08. The lowest BCUT2D eigenvalue weighted by Crippen LogP contribution is -2.22. The van der Waals surface area contributed by atoms with Gasteiger partial charge in [-0.15, -0.1) is 0 Å². The summed E-state index contributed by atoms with van der Waals surface area (Å²) in [6.45, 7) is 4.97. The number of aryl methyl sites for hydroxylation is 1. The van der Waals surface area contributed by atoms with Crippen LogP contribution in [0.4, 0.5) is 0 Å². The molecule has 0 saturated carbocycles. The van der Waals surface area contributed by atoms with Crippen molar-refractivity contribution in [1.29, 1.82) is 0 Å². The zero-order valence-corrected chi connectivity index (χ0v) is 15.0. The minimum atomic E-state index is -0.325. The molecule has 0 atom stereocenters. The summed E-state index contributed by atoms with van der Waals surface area (Å²) in [7, 11) is 1.96. The highest BCUT2D eigenvalue weighted by molar-refractivity contribution is 9.10. The maximum absolute atomic E-state index is 12.5. The quantitative estimate of drug-likeness (QED) is 0.825. The van der Waals surface area contributed by atoms with E-state index in [-0.39, 0.29) is 11.7 Å². The van der Waals surface area contributed by atoms with Gasteiger partial charge in [0.1, 0.15) is 5.75 Å². The number of phenolic OH excluding ortho intramolecular Hbond substituents is 1. The normalized spacial score (nSPS) is 15.4. The first-order chi connectivity index (χ1) is 11.0. The summed E-state index contributed by atoms with van der Waals surface area (Å²) < 4.78 is 7.91. The van der Waals surface area contributed by atoms with Crippen molar-refractivity contribution in [3.8, 4) is 5.75 Å². The van der Waals surface area contributed by atoms with Crippen molar-refractivity contribution >= 4 is 32.8 Å². The van der Waals surface area contributed by atoms with Gasteiger partial charge in [0, 0.05) is 24.7 Å². The molecule has 6 heteroatoms. The number of carbonyl (C=O) groups is 1. The lowest BCUT2D eigenvalue weighted by molar-refractivity contribution is 0.0526. The Labute approximate surface area is 144 Å². The number of aromatic nitrogens is 1. The summed E-state index contributed by atoms with van der Waals surface area (Å²) in [6, 6.07) is 3.49. The van der Waals surface area contributed by atoms with Gasteiger partial charge in [-0.2, -0.15) is 0 Å². The maximum Gasteiger partial charge on any atom is 0.340 e. The van der Waals surface area contributed by atoms with Crippen LogP contribution in [0.2, 0.25) is 0 Å². The van der Waals surface area contributed by atoms with E-state index in [4.69, 9.17) is 4.74 Å². The largest absolute Gasteiger partial charge is 0.507 e. The van der Waals surface area contributed by atoms with Crippen molar-refractivity contribution < 1.29 is 14.6 Å². The monoisotopic (exact) mass is 380 g/mol. The summed E-state index contributed by atoms with van der Waals surface area (Å²) in [5, 5.41) is 10.8. The first-order valence-electron chi connectivity index (χ1n) is 7.92. The second kappa shape index (κ2) is 6.53. The minimum absolute atomic E-state index is 0.126. The van der Waals surface area contributed by atoms with Crippen LogP contribution in [0.1, 0.15) is 35.8 Å². The van der Waals surface area contributed by atoms with E-state index in [2.05, 4.69) is 20.8 Å². The number of benzene rings is 1. The lowest BCUT2D eigenvalue weighted by atomic mass is 10.1. The van der Waals surface area contributed by atoms with Gasteiger partial charge in [0.15, 0.2) is 0 Å². The molecule has 2 heterocycles. The SMILES string of the molecule is CCOC(=O)c1c(CN2CCCC2)n(C)c2cc(Br)c(O)cc12. The molecule has 2 aromatic rings. The Balaban J connectivity index is 2.16. The van der Waals surface area contributed by atoms with E-state index >= 15 is 0 Å². The van der Waals surface area contributed by atoms with E-state index in [1.807, 2.05) is 17.7 Å². The Kier molecular flexibility index (Phi) is 4.64. The van der Waals surface area contributed by atoms with Gasteiger partial charge in [-0.25, -0.2) is 4.79 Å². The number of ether oxygens (including phenoxy) is 1. The van der Waals surface area contributed by atoms with Crippen molar-refractivity contribution in [3.05, 3.63) is 27.9 Å². The van der Waals surface area contributed by atoms with E-state index in [1.165, 1.54) is 12.8 Å². The van der Waals surface area contributed by atoms with Crippen molar-refractivity contribution in [2.24, 2.45) is 7.05 Å². The number of rotatable bonds is 4. The van der Waals surface area contributed by atoms with Crippen LogP contribution in [0.15, 0.2) is 16.6 Å².